The number of rotatable bonds is 10. The van der Waals surface area contributed by atoms with Gasteiger partial charge in [-0.15, -0.1) is 0 Å². The summed E-state index contributed by atoms with van der Waals surface area (Å²) >= 11 is 0. The van der Waals surface area contributed by atoms with Gasteiger partial charge in [0, 0.05) is 23.7 Å². The van der Waals surface area contributed by atoms with Gasteiger partial charge in [-0.1, -0.05) is 0 Å². The monoisotopic (exact) mass is 591 g/mol. The molecular formula is C33H38FN3O6. The lowest BCUT2D eigenvalue weighted by Gasteiger charge is -2.28. The highest BCUT2D eigenvalue weighted by Crippen LogP contribution is 2.47. The molecule has 0 unspecified atom stereocenters. The largest absolute Gasteiger partial charge is 0.493 e. The maximum atomic E-state index is 13.8. The predicted octanol–water partition coefficient (Wildman–Crippen LogP) is 4.64. The van der Waals surface area contributed by atoms with E-state index in [1.807, 2.05) is 6.92 Å². The van der Waals surface area contributed by atoms with Crippen LogP contribution in [0.15, 0.2) is 48.5 Å². The molecule has 0 spiro atoms. The van der Waals surface area contributed by atoms with Gasteiger partial charge in [0.05, 0.1) is 25.5 Å². The maximum absolute atomic E-state index is 13.8. The van der Waals surface area contributed by atoms with E-state index in [1.165, 1.54) is 19.2 Å². The number of nitrogens with one attached hydrogen (secondary N) is 2. The van der Waals surface area contributed by atoms with Crippen molar-refractivity contribution in [2.45, 2.75) is 69.1 Å². The number of methoxy groups -OCH3 is 1. The number of hydrogen-bond donors (Lipinski definition) is 3. The Morgan fingerprint density at radius 1 is 1.14 bits per heavy atom. The summed E-state index contributed by atoms with van der Waals surface area (Å²) in [5, 5.41) is 17.6. The standard InChI is InChI=1S/C33H36FN3O6.H2/c1-31(13-14-31)37-30(39)32(2)18-42-28-23(32)16-26(36-27(28)19-5-8-21(34)9-6-19)33(3,40)17-35-29(38)20-7-12-24(25(15-20)41-4)43-22-10-11-22;/h5-9,12,15-16,22,40H,10-11,13-14,17-18H2,1-4H3,(H,35,38)(H,37,39);1H/t32-,33-;/m0./s1. The minimum absolute atomic E-state index is 0. The number of aliphatic hydroxyl groups is 1. The number of hydrogen-bond acceptors (Lipinski definition) is 7. The summed E-state index contributed by atoms with van der Waals surface area (Å²) in [5.41, 5.74) is -0.827. The van der Waals surface area contributed by atoms with Crippen molar-refractivity contribution in [3.05, 3.63) is 71.2 Å². The smallest absolute Gasteiger partial charge is 0.251 e. The molecule has 3 aliphatic rings. The molecule has 2 heterocycles. The summed E-state index contributed by atoms with van der Waals surface area (Å²) in [5.74, 6) is 0.445. The molecule has 2 amide bonds. The Morgan fingerprint density at radius 3 is 2.51 bits per heavy atom. The third kappa shape index (κ3) is 5.76. The van der Waals surface area contributed by atoms with Gasteiger partial charge in [0.25, 0.3) is 5.91 Å². The molecule has 6 rings (SSSR count). The molecule has 1 aromatic heterocycles. The first kappa shape index (κ1) is 28.9. The zero-order chi connectivity index (χ0) is 30.6. The summed E-state index contributed by atoms with van der Waals surface area (Å²) in [6.45, 7) is 5.26. The van der Waals surface area contributed by atoms with Crippen LogP contribution in [-0.2, 0) is 15.8 Å². The molecule has 43 heavy (non-hydrogen) atoms. The number of fused-ring (bicyclic) bond motifs is 1. The van der Waals surface area contributed by atoms with Crippen LogP contribution < -0.4 is 24.8 Å². The second kappa shape index (κ2) is 10.5. The van der Waals surface area contributed by atoms with Crippen LogP contribution in [0, 0.1) is 5.82 Å². The van der Waals surface area contributed by atoms with Gasteiger partial charge < -0.3 is 30.0 Å². The summed E-state index contributed by atoms with van der Waals surface area (Å²) in [7, 11) is 1.52. The van der Waals surface area contributed by atoms with E-state index in [0.29, 0.717) is 39.6 Å². The van der Waals surface area contributed by atoms with Gasteiger partial charge in [-0.3, -0.25) is 9.59 Å². The molecule has 2 saturated carbocycles. The van der Waals surface area contributed by atoms with Crippen molar-refractivity contribution in [3.63, 3.8) is 0 Å². The lowest BCUT2D eigenvalue weighted by Crippen LogP contribution is -2.48. The normalized spacial score (nSPS) is 21.2. The maximum Gasteiger partial charge on any atom is 0.251 e. The first-order valence-corrected chi connectivity index (χ1v) is 14.5. The summed E-state index contributed by atoms with van der Waals surface area (Å²) < 4.78 is 31.1. The van der Waals surface area contributed by atoms with Crippen molar-refractivity contribution in [2.24, 2.45) is 0 Å². The van der Waals surface area contributed by atoms with Gasteiger partial charge >= 0.3 is 0 Å². The van der Waals surface area contributed by atoms with E-state index in [0.717, 1.165) is 25.7 Å². The molecule has 228 valence electrons. The predicted molar refractivity (Wildman–Crippen MR) is 159 cm³/mol. The number of carbonyl (C=O) groups excluding carboxylic acids is 2. The van der Waals surface area contributed by atoms with E-state index < -0.39 is 22.7 Å². The molecule has 9 nitrogen and oxygen atoms in total. The topological polar surface area (TPSA) is 119 Å². The molecule has 2 atom stereocenters. The molecule has 10 heteroatoms. The number of amides is 2. The van der Waals surface area contributed by atoms with Gasteiger partial charge in [0.2, 0.25) is 5.91 Å². The molecule has 2 aliphatic carbocycles. The lowest BCUT2D eigenvalue weighted by molar-refractivity contribution is -0.127. The summed E-state index contributed by atoms with van der Waals surface area (Å²) in [6.07, 6.45) is 3.98. The molecule has 3 aromatic rings. The quantitative estimate of drug-likeness (QED) is 0.314. The fraction of sp³-hybridized carbons (Fsp3) is 0.424. The van der Waals surface area contributed by atoms with Crippen molar-refractivity contribution in [1.29, 1.82) is 0 Å². The Balaban J connectivity index is 0.00000384. The summed E-state index contributed by atoms with van der Waals surface area (Å²) in [6, 6.07) is 12.4. The van der Waals surface area contributed by atoms with Crippen LogP contribution in [0.2, 0.25) is 0 Å². The summed E-state index contributed by atoms with van der Waals surface area (Å²) in [4.78, 5) is 31.4. The van der Waals surface area contributed by atoms with Crippen LogP contribution in [0.25, 0.3) is 11.3 Å². The average Bonchev–Trinajstić information content (AvgIpc) is 3.92. The van der Waals surface area contributed by atoms with Gasteiger partial charge in [-0.2, -0.15) is 0 Å². The van der Waals surface area contributed by atoms with Crippen LogP contribution in [0.3, 0.4) is 0 Å². The number of nitrogens with zero attached hydrogens (tertiary/aromatic N) is 1. The molecule has 2 fully saturated rings. The molecule has 1 aliphatic heterocycles. The molecule has 0 saturated heterocycles. The third-order valence-corrected chi connectivity index (χ3v) is 8.50. The number of halogens is 1. The molecule has 3 N–H and O–H groups in total. The average molecular weight is 592 g/mol. The van der Waals surface area contributed by atoms with Crippen molar-refractivity contribution in [3.8, 4) is 28.5 Å². The lowest BCUT2D eigenvalue weighted by atomic mass is 9.81. The second-order valence-corrected chi connectivity index (χ2v) is 12.5. The number of benzene rings is 2. The first-order chi connectivity index (χ1) is 20.4. The van der Waals surface area contributed by atoms with Gasteiger partial charge in [-0.05, 0) is 95.0 Å². The molecule has 0 radical (unpaired) electrons. The van der Waals surface area contributed by atoms with Crippen molar-refractivity contribution in [2.75, 3.05) is 20.3 Å². The number of pyridine rings is 1. The highest BCUT2D eigenvalue weighted by molar-refractivity contribution is 5.95. The Morgan fingerprint density at radius 2 is 1.86 bits per heavy atom. The fourth-order valence-electron chi connectivity index (χ4n) is 5.09. The highest BCUT2D eigenvalue weighted by atomic mass is 19.1. The van der Waals surface area contributed by atoms with E-state index in [9.17, 15) is 19.1 Å². The Labute approximate surface area is 251 Å². The van der Waals surface area contributed by atoms with Crippen LogP contribution >= 0.6 is 0 Å². The zero-order valence-corrected chi connectivity index (χ0v) is 24.8. The van der Waals surface area contributed by atoms with E-state index in [4.69, 9.17) is 19.2 Å². The van der Waals surface area contributed by atoms with Gasteiger partial charge in [-0.25, -0.2) is 9.37 Å². The Hall–Kier alpha value is -4.18. The van der Waals surface area contributed by atoms with E-state index in [2.05, 4.69) is 10.6 Å². The van der Waals surface area contributed by atoms with Crippen LogP contribution in [0.5, 0.6) is 17.2 Å². The number of ether oxygens (including phenoxy) is 3. The van der Waals surface area contributed by atoms with Crippen LogP contribution in [0.1, 0.15) is 69.5 Å². The van der Waals surface area contributed by atoms with Crippen LogP contribution in [0.4, 0.5) is 4.39 Å². The second-order valence-electron chi connectivity index (χ2n) is 12.5. The zero-order valence-electron chi connectivity index (χ0n) is 24.8. The first-order valence-electron chi connectivity index (χ1n) is 14.5. The molecule has 2 aromatic carbocycles. The van der Waals surface area contributed by atoms with Crippen molar-refractivity contribution in [1.82, 2.24) is 15.6 Å². The Kier molecular flexibility index (Phi) is 7.07. The fourth-order valence-corrected chi connectivity index (χ4v) is 5.09. The highest BCUT2D eigenvalue weighted by Gasteiger charge is 2.49. The minimum atomic E-state index is -1.64. The van der Waals surface area contributed by atoms with Gasteiger partial charge in [0.1, 0.15) is 34.9 Å². The third-order valence-electron chi connectivity index (χ3n) is 8.50. The molecule has 0 bridgehead atoms. The van der Waals surface area contributed by atoms with Crippen LogP contribution in [-0.4, -0.2) is 53.8 Å². The number of aromatic nitrogens is 1. The van der Waals surface area contributed by atoms with Crippen molar-refractivity contribution < 1.29 is 34.7 Å². The van der Waals surface area contributed by atoms with Crippen molar-refractivity contribution >= 4 is 11.8 Å². The van der Waals surface area contributed by atoms with E-state index in [1.54, 1.807) is 50.2 Å². The Bertz CT molecular complexity index is 1590. The minimum Gasteiger partial charge on any atom is -0.493 e. The van der Waals surface area contributed by atoms with E-state index >= 15 is 0 Å². The van der Waals surface area contributed by atoms with Gasteiger partial charge in [0.15, 0.2) is 11.5 Å². The van der Waals surface area contributed by atoms with E-state index in [-0.39, 0.29) is 37.8 Å². The SMILES string of the molecule is COc1cc(C(=O)NC[C@](C)(O)c2cc3c(c(-c4ccc(F)cc4)n2)OC[C@]3(C)C(=O)NC2(C)CC2)ccc1OC1CC1.[HH]. The molecular weight excluding hydrogens is 553 g/mol. The number of carbonyl (C=O) groups is 2.